The molecule has 0 aromatic carbocycles. The van der Waals surface area contributed by atoms with Crippen LogP contribution in [-0.4, -0.2) is 38.0 Å². The molecule has 0 aliphatic carbocycles. The number of rotatable bonds is 9. The average Bonchev–Trinajstić information content (AvgIpc) is 2.44. The molecule has 1 N–H and O–H groups in total. The van der Waals surface area contributed by atoms with Crippen molar-refractivity contribution < 1.29 is 9.47 Å². The quantitative estimate of drug-likeness (QED) is 0.697. The Kier molecular flexibility index (Phi) is 7.96. The summed E-state index contributed by atoms with van der Waals surface area (Å²) in [5.41, 5.74) is -0.00833. The fourth-order valence-electron chi connectivity index (χ4n) is 3.28. The zero-order chi connectivity index (χ0) is 14.1. The van der Waals surface area contributed by atoms with Crippen LogP contribution in [0.2, 0.25) is 0 Å². The van der Waals surface area contributed by atoms with E-state index in [0.717, 1.165) is 45.1 Å². The SMILES string of the molecule is CCNC(CC(CC)CC)C1(OCC)CCOCC1. The van der Waals surface area contributed by atoms with E-state index in [0.29, 0.717) is 6.04 Å². The molecule has 0 bridgehead atoms. The topological polar surface area (TPSA) is 30.5 Å². The van der Waals surface area contributed by atoms with E-state index in [9.17, 15) is 0 Å². The van der Waals surface area contributed by atoms with Crippen LogP contribution in [0.3, 0.4) is 0 Å². The third-order valence-electron chi connectivity index (χ3n) is 4.58. The van der Waals surface area contributed by atoms with Gasteiger partial charge < -0.3 is 14.8 Å². The zero-order valence-corrected chi connectivity index (χ0v) is 13.3. The minimum atomic E-state index is -0.00833. The van der Waals surface area contributed by atoms with Crippen LogP contribution in [0.4, 0.5) is 0 Å². The van der Waals surface area contributed by atoms with Crippen molar-refractivity contribution in [2.24, 2.45) is 5.92 Å². The van der Waals surface area contributed by atoms with Gasteiger partial charge in [-0.05, 0) is 25.8 Å². The number of nitrogens with one attached hydrogen (secondary N) is 1. The fraction of sp³-hybridized carbons (Fsp3) is 1.00. The van der Waals surface area contributed by atoms with Crippen LogP contribution in [0.5, 0.6) is 0 Å². The summed E-state index contributed by atoms with van der Waals surface area (Å²) >= 11 is 0. The minimum Gasteiger partial charge on any atom is -0.381 e. The molecular formula is C16H33NO2. The lowest BCUT2D eigenvalue weighted by molar-refractivity contribution is -0.129. The highest BCUT2D eigenvalue weighted by Crippen LogP contribution is 2.33. The highest BCUT2D eigenvalue weighted by Gasteiger charge is 2.41. The summed E-state index contributed by atoms with van der Waals surface area (Å²) in [6, 6.07) is 0.464. The first-order chi connectivity index (χ1) is 9.22. The van der Waals surface area contributed by atoms with Crippen LogP contribution in [0.1, 0.15) is 59.8 Å². The molecule has 0 aromatic heterocycles. The van der Waals surface area contributed by atoms with Crippen LogP contribution in [0, 0.1) is 5.92 Å². The predicted octanol–water partition coefficient (Wildman–Crippen LogP) is 3.38. The molecule has 0 radical (unpaired) electrons. The van der Waals surface area contributed by atoms with Gasteiger partial charge in [-0.15, -0.1) is 0 Å². The maximum absolute atomic E-state index is 6.23. The summed E-state index contributed by atoms with van der Waals surface area (Å²) in [4.78, 5) is 0. The van der Waals surface area contributed by atoms with E-state index in [4.69, 9.17) is 9.47 Å². The first kappa shape index (κ1) is 16.9. The second-order valence-corrected chi connectivity index (χ2v) is 5.64. The second kappa shape index (κ2) is 8.93. The predicted molar refractivity (Wildman–Crippen MR) is 80.6 cm³/mol. The van der Waals surface area contributed by atoms with Gasteiger partial charge in [-0.1, -0.05) is 33.6 Å². The lowest BCUT2D eigenvalue weighted by Gasteiger charge is -2.44. The molecule has 114 valence electrons. The lowest BCUT2D eigenvalue weighted by atomic mass is 9.80. The number of hydrogen-bond acceptors (Lipinski definition) is 3. The van der Waals surface area contributed by atoms with Crippen LogP contribution >= 0.6 is 0 Å². The van der Waals surface area contributed by atoms with Crippen molar-refractivity contribution in [3.8, 4) is 0 Å². The molecule has 0 spiro atoms. The molecule has 0 amide bonds. The van der Waals surface area contributed by atoms with Crippen molar-refractivity contribution in [3.05, 3.63) is 0 Å². The first-order valence-corrected chi connectivity index (χ1v) is 8.17. The Morgan fingerprint density at radius 1 is 1.11 bits per heavy atom. The van der Waals surface area contributed by atoms with Crippen molar-refractivity contribution in [2.75, 3.05) is 26.4 Å². The van der Waals surface area contributed by atoms with E-state index in [-0.39, 0.29) is 5.60 Å². The Morgan fingerprint density at radius 2 is 1.74 bits per heavy atom. The van der Waals surface area contributed by atoms with E-state index in [1.54, 1.807) is 0 Å². The van der Waals surface area contributed by atoms with Crippen LogP contribution in [-0.2, 0) is 9.47 Å². The molecular weight excluding hydrogens is 238 g/mol. The Morgan fingerprint density at radius 3 is 2.21 bits per heavy atom. The summed E-state index contributed by atoms with van der Waals surface area (Å²) in [7, 11) is 0. The third kappa shape index (κ3) is 4.73. The monoisotopic (exact) mass is 271 g/mol. The molecule has 1 rings (SSSR count). The molecule has 1 unspecified atom stereocenters. The fourth-order valence-corrected chi connectivity index (χ4v) is 3.28. The van der Waals surface area contributed by atoms with Gasteiger partial charge in [-0.25, -0.2) is 0 Å². The minimum absolute atomic E-state index is 0.00833. The number of hydrogen-bond donors (Lipinski definition) is 1. The Balaban J connectivity index is 2.78. The Labute approximate surface area is 119 Å². The van der Waals surface area contributed by atoms with Crippen LogP contribution in [0.15, 0.2) is 0 Å². The largest absolute Gasteiger partial charge is 0.381 e. The molecule has 19 heavy (non-hydrogen) atoms. The van der Waals surface area contributed by atoms with Crippen LogP contribution in [0.25, 0.3) is 0 Å². The normalized spacial score (nSPS) is 20.7. The summed E-state index contributed by atoms with van der Waals surface area (Å²) < 4.78 is 11.8. The standard InChI is InChI=1S/C16H33NO2/c1-5-14(6-2)13-15(17-7-3)16(19-8-4)9-11-18-12-10-16/h14-15,17H,5-13H2,1-4H3. The van der Waals surface area contributed by atoms with Gasteiger partial charge in [0.25, 0.3) is 0 Å². The summed E-state index contributed by atoms with van der Waals surface area (Å²) in [5, 5.41) is 3.70. The molecule has 3 nitrogen and oxygen atoms in total. The van der Waals surface area contributed by atoms with Gasteiger partial charge in [-0.3, -0.25) is 0 Å². The molecule has 3 heteroatoms. The summed E-state index contributed by atoms with van der Waals surface area (Å²) in [6.45, 7) is 12.4. The molecule has 1 atom stereocenters. The number of ether oxygens (including phenoxy) is 2. The van der Waals surface area contributed by atoms with Crippen molar-refractivity contribution in [2.45, 2.75) is 71.4 Å². The Hall–Kier alpha value is -0.120. The molecule has 1 fully saturated rings. The van der Waals surface area contributed by atoms with Gasteiger partial charge in [-0.2, -0.15) is 0 Å². The highest BCUT2D eigenvalue weighted by molar-refractivity contribution is 4.96. The molecule has 1 aliphatic rings. The first-order valence-electron chi connectivity index (χ1n) is 8.17. The molecule has 0 saturated carbocycles. The summed E-state index contributed by atoms with van der Waals surface area (Å²) in [6.07, 6.45) is 5.80. The van der Waals surface area contributed by atoms with E-state index < -0.39 is 0 Å². The average molecular weight is 271 g/mol. The van der Waals surface area contributed by atoms with E-state index in [1.165, 1.54) is 19.3 Å². The molecule has 1 saturated heterocycles. The Bertz CT molecular complexity index is 217. The van der Waals surface area contributed by atoms with Gasteiger partial charge >= 0.3 is 0 Å². The van der Waals surface area contributed by atoms with Gasteiger partial charge in [0, 0.05) is 38.7 Å². The highest BCUT2D eigenvalue weighted by atomic mass is 16.5. The second-order valence-electron chi connectivity index (χ2n) is 5.64. The van der Waals surface area contributed by atoms with E-state index in [1.807, 2.05) is 0 Å². The van der Waals surface area contributed by atoms with E-state index in [2.05, 4.69) is 33.0 Å². The van der Waals surface area contributed by atoms with Gasteiger partial charge in [0.1, 0.15) is 0 Å². The van der Waals surface area contributed by atoms with Crippen molar-refractivity contribution in [1.29, 1.82) is 0 Å². The number of likely N-dealkylation sites (N-methyl/N-ethyl adjacent to an activating group) is 1. The van der Waals surface area contributed by atoms with E-state index >= 15 is 0 Å². The van der Waals surface area contributed by atoms with Gasteiger partial charge in [0.2, 0.25) is 0 Å². The van der Waals surface area contributed by atoms with Gasteiger partial charge in [0.05, 0.1) is 5.60 Å². The summed E-state index contributed by atoms with van der Waals surface area (Å²) in [5.74, 6) is 0.796. The maximum Gasteiger partial charge on any atom is 0.0878 e. The molecule has 1 heterocycles. The lowest BCUT2D eigenvalue weighted by Crippen LogP contribution is -2.56. The maximum atomic E-state index is 6.23. The van der Waals surface area contributed by atoms with Crippen molar-refractivity contribution in [3.63, 3.8) is 0 Å². The zero-order valence-electron chi connectivity index (χ0n) is 13.3. The van der Waals surface area contributed by atoms with Crippen molar-refractivity contribution in [1.82, 2.24) is 5.32 Å². The molecule has 0 aromatic rings. The molecule has 1 aliphatic heterocycles. The third-order valence-corrected chi connectivity index (χ3v) is 4.58. The van der Waals surface area contributed by atoms with Gasteiger partial charge in [0.15, 0.2) is 0 Å². The van der Waals surface area contributed by atoms with Crippen molar-refractivity contribution >= 4 is 0 Å². The smallest absolute Gasteiger partial charge is 0.0878 e. The van der Waals surface area contributed by atoms with Crippen LogP contribution < -0.4 is 5.32 Å².